The summed E-state index contributed by atoms with van der Waals surface area (Å²) in [5.74, 6) is 1.37. The van der Waals surface area contributed by atoms with Gasteiger partial charge in [0.1, 0.15) is 5.78 Å². The molecule has 1 atom stereocenters. The second kappa shape index (κ2) is 3.78. The van der Waals surface area contributed by atoms with Gasteiger partial charge in [-0.15, -0.1) is 0 Å². The molecule has 1 heterocycles. The van der Waals surface area contributed by atoms with Crippen molar-refractivity contribution in [2.45, 2.75) is 25.2 Å². The Balaban J connectivity index is 2.13. The van der Waals surface area contributed by atoms with Crippen LogP contribution in [0, 0.1) is 0 Å². The van der Waals surface area contributed by atoms with E-state index in [-0.39, 0.29) is 0 Å². The highest BCUT2D eigenvalue weighted by Gasteiger charge is 2.23. The Morgan fingerprint density at radius 1 is 1.50 bits per heavy atom. The van der Waals surface area contributed by atoms with E-state index in [0.717, 1.165) is 18.4 Å². The van der Waals surface area contributed by atoms with E-state index in [2.05, 4.69) is 4.98 Å². The highest BCUT2D eigenvalue weighted by Crippen LogP contribution is 2.31. The predicted octanol–water partition coefficient (Wildman–Crippen LogP) is 1.93. The van der Waals surface area contributed by atoms with Gasteiger partial charge in [0.05, 0.1) is 7.11 Å². The number of pyridine rings is 1. The number of rotatable bonds is 2. The molecule has 0 aromatic carbocycles. The van der Waals surface area contributed by atoms with Gasteiger partial charge in [-0.25, -0.2) is 4.98 Å². The summed E-state index contributed by atoms with van der Waals surface area (Å²) in [5.41, 5.74) is 1.15. The molecule has 0 saturated heterocycles. The van der Waals surface area contributed by atoms with Gasteiger partial charge >= 0.3 is 0 Å². The van der Waals surface area contributed by atoms with Gasteiger partial charge in [-0.1, -0.05) is 6.07 Å². The van der Waals surface area contributed by atoms with Crippen LogP contribution in [-0.4, -0.2) is 17.9 Å². The average molecular weight is 191 g/mol. The summed E-state index contributed by atoms with van der Waals surface area (Å²) >= 11 is 0. The molecule has 0 spiro atoms. The van der Waals surface area contributed by atoms with E-state index in [4.69, 9.17) is 4.74 Å². The summed E-state index contributed by atoms with van der Waals surface area (Å²) in [6.45, 7) is 0. The summed E-state index contributed by atoms with van der Waals surface area (Å²) in [7, 11) is 1.60. The number of hydrogen-bond acceptors (Lipinski definition) is 3. The molecular weight excluding hydrogens is 178 g/mol. The quantitative estimate of drug-likeness (QED) is 0.717. The first-order valence-corrected chi connectivity index (χ1v) is 4.81. The molecule has 1 saturated carbocycles. The van der Waals surface area contributed by atoms with Crippen molar-refractivity contribution >= 4 is 5.78 Å². The van der Waals surface area contributed by atoms with E-state index < -0.39 is 0 Å². The molecule has 0 N–H and O–H groups in total. The van der Waals surface area contributed by atoms with E-state index >= 15 is 0 Å². The molecule has 14 heavy (non-hydrogen) atoms. The third-order valence-electron chi connectivity index (χ3n) is 2.69. The third kappa shape index (κ3) is 1.76. The number of aromatic nitrogens is 1. The number of nitrogens with zero attached hydrogens (tertiary/aromatic N) is 1. The first-order chi connectivity index (χ1) is 6.79. The molecule has 0 amide bonds. The summed E-state index contributed by atoms with van der Waals surface area (Å²) in [5, 5.41) is 0. The van der Waals surface area contributed by atoms with Crippen molar-refractivity contribution in [3.8, 4) is 5.88 Å². The smallest absolute Gasteiger partial charge is 0.212 e. The van der Waals surface area contributed by atoms with E-state index in [1.807, 2.05) is 18.3 Å². The maximum atomic E-state index is 11.1. The summed E-state index contributed by atoms with van der Waals surface area (Å²) in [4.78, 5) is 15.2. The van der Waals surface area contributed by atoms with Crippen LogP contribution in [0.3, 0.4) is 0 Å². The molecule has 1 aromatic heterocycles. The second-order valence-electron chi connectivity index (χ2n) is 3.61. The summed E-state index contributed by atoms with van der Waals surface area (Å²) < 4.78 is 4.97. The van der Waals surface area contributed by atoms with Crippen molar-refractivity contribution in [3.63, 3.8) is 0 Å². The van der Waals surface area contributed by atoms with Gasteiger partial charge in [0.25, 0.3) is 0 Å². The fraction of sp³-hybridized carbons (Fsp3) is 0.455. The monoisotopic (exact) mass is 191 g/mol. The average Bonchev–Trinajstić information content (AvgIpc) is 2.65. The van der Waals surface area contributed by atoms with Crippen LogP contribution < -0.4 is 4.74 Å². The molecule has 1 aliphatic carbocycles. The van der Waals surface area contributed by atoms with Gasteiger partial charge in [-0.05, 0) is 17.9 Å². The molecule has 0 radical (unpaired) electrons. The van der Waals surface area contributed by atoms with Gasteiger partial charge in [0, 0.05) is 25.1 Å². The van der Waals surface area contributed by atoms with Crippen LogP contribution in [0.15, 0.2) is 18.3 Å². The number of methoxy groups -OCH3 is 1. The van der Waals surface area contributed by atoms with Crippen LogP contribution >= 0.6 is 0 Å². The highest BCUT2D eigenvalue weighted by molar-refractivity contribution is 5.81. The Kier molecular flexibility index (Phi) is 2.48. The summed E-state index contributed by atoms with van der Waals surface area (Å²) in [6.07, 6.45) is 4.17. The lowest BCUT2D eigenvalue weighted by Crippen LogP contribution is -1.96. The van der Waals surface area contributed by atoms with Crippen molar-refractivity contribution in [1.82, 2.24) is 4.98 Å². The maximum Gasteiger partial charge on any atom is 0.212 e. The molecule has 3 heteroatoms. The number of ether oxygens (including phenoxy) is 1. The number of carbonyl (C=O) groups excluding carboxylic acids is 1. The Morgan fingerprint density at radius 3 is 2.86 bits per heavy atom. The van der Waals surface area contributed by atoms with Crippen molar-refractivity contribution in [1.29, 1.82) is 0 Å². The molecule has 0 aliphatic heterocycles. The minimum atomic E-state index is 0.366. The van der Waals surface area contributed by atoms with E-state index in [1.165, 1.54) is 0 Å². The Labute approximate surface area is 83.1 Å². The fourth-order valence-electron chi connectivity index (χ4n) is 1.85. The highest BCUT2D eigenvalue weighted by atomic mass is 16.5. The Bertz CT molecular complexity index is 332. The number of carbonyl (C=O) groups is 1. The molecule has 1 aliphatic rings. The molecule has 1 fully saturated rings. The molecule has 0 bridgehead atoms. The normalized spacial score (nSPS) is 21.2. The van der Waals surface area contributed by atoms with Crippen LogP contribution in [0.4, 0.5) is 0 Å². The predicted molar refractivity (Wildman–Crippen MR) is 52.4 cm³/mol. The zero-order chi connectivity index (χ0) is 9.97. The van der Waals surface area contributed by atoms with Crippen LogP contribution in [0.5, 0.6) is 5.88 Å². The van der Waals surface area contributed by atoms with Crippen LogP contribution in [0.25, 0.3) is 0 Å². The lowest BCUT2D eigenvalue weighted by Gasteiger charge is -2.07. The van der Waals surface area contributed by atoms with E-state index in [9.17, 15) is 4.79 Å². The molecule has 3 nitrogen and oxygen atoms in total. The largest absolute Gasteiger partial charge is 0.481 e. The molecule has 1 aromatic rings. The zero-order valence-corrected chi connectivity index (χ0v) is 8.19. The minimum Gasteiger partial charge on any atom is -0.481 e. The van der Waals surface area contributed by atoms with Crippen molar-refractivity contribution < 1.29 is 9.53 Å². The van der Waals surface area contributed by atoms with Crippen LogP contribution in [0.2, 0.25) is 0 Å². The second-order valence-corrected chi connectivity index (χ2v) is 3.61. The number of hydrogen-bond donors (Lipinski definition) is 0. The standard InChI is InChI=1S/C11H13NO2/c1-14-11-5-3-9(7-12-11)8-2-4-10(13)6-8/h3,5,7-8H,2,4,6H2,1H3/t8-/m0/s1. The lowest BCUT2D eigenvalue weighted by atomic mass is 10.00. The van der Waals surface area contributed by atoms with Gasteiger partial charge in [-0.2, -0.15) is 0 Å². The van der Waals surface area contributed by atoms with Gasteiger partial charge in [0.15, 0.2) is 0 Å². The van der Waals surface area contributed by atoms with Crippen molar-refractivity contribution in [2.24, 2.45) is 0 Å². The molecular formula is C11H13NO2. The fourth-order valence-corrected chi connectivity index (χ4v) is 1.85. The van der Waals surface area contributed by atoms with Gasteiger partial charge < -0.3 is 4.74 Å². The van der Waals surface area contributed by atoms with Crippen molar-refractivity contribution in [2.75, 3.05) is 7.11 Å². The lowest BCUT2D eigenvalue weighted by molar-refractivity contribution is -0.117. The maximum absolute atomic E-state index is 11.1. The topological polar surface area (TPSA) is 39.2 Å². The number of Topliss-reactive ketones (excluding diaryl/α,β-unsaturated/α-hetero) is 1. The molecule has 2 rings (SSSR count). The van der Waals surface area contributed by atoms with Gasteiger partial charge in [0.2, 0.25) is 5.88 Å². The van der Waals surface area contributed by atoms with Crippen molar-refractivity contribution in [3.05, 3.63) is 23.9 Å². The van der Waals surface area contributed by atoms with E-state index in [0.29, 0.717) is 24.0 Å². The van der Waals surface area contributed by atoms with Crippen LogP contribution in [-0.2, 0) is 4.79 Å². The van der Waals surface area contributed by atoms with Gasteiger partial charge in [-0.3, -0.25) is 4.79 Å². The van der Waals surface area contributed by atoms with Crippen LogP contribution in [0.1, 0.15) is 30.7 Å². The third-order valence-corrected chi connectivity index (χ3v) is 2.69. The first-order valence-electron chi connectivity index (χ1n) is 4.81. The Morgan fingerprint density at radius 2 is 2.36 bits per heavy atom. The minimum absolute atomic E-state index is 0.366. The zero-order valence-electron chi connectivity index (χ0n) is 8.19. The van der Waals surface area contributed by atoms with E-state index in [1.54, 1.807) is 7.11 Å². The Hall–Kier alpha value is -1.38. The summed E-state index contributed by atoms with van der Waals surface area (Å²) in [6, 6.07) is 3.84. The molecule has 0 unspecified atom stereocenters. The first kappa shape index (κ1) is 9.19. The molecule has 74 valence electrons. The number of ketones is 1. The SMILES string of the molecule is COc1ccc([C@H]2CCC(=O)C2)cn1.